The second-order valence-corrected chi connectivity index (χ2v) is 6.85. The number of aryl methyl sites for hydroxylation is 3. The molecule has 0 aromatic carbocycles. The number of rotatable bonds is 4. The molecule has 0 radical (unpaired) electrons. The Balaban J connectivity index is 1.99. The summed E-state index contributed by atoms with van der Waals surface area (Å²) in [5.74, 6) is 1.23. The van der Waals surface area contributed by atoms with Crippen LogP contribution in [0, 0.1) is 6.92 Å². The Hall–Kier alpha value is -1.14. The zero-order chi connectivity index (χ0) is 13.4. The first-order chi connectivity index (χ1) is 9.15. The van der Waals surface area contributed by atoms with E-state index in [4.69, 9.17) is 5.73 Å². The monoisotopic (exact) mass is 293 g/mol. The lowest BCUT2D eigenvalue weighted by molar-refractivity contribution is -0.117. The van der Waals surface area contributed by atoms with Gasteiger partial charge in [-0.05, 0) is 31.7 Å². The number of hydrogen-bond donors (Lipinski definition) is 1. The van der Waals surface area contributed by atoms with E-state index in [2.05, 4.69) is 9.97 Å². The van der Waals surface area contributed by atoms with E-state index in [1.165, 1.54) is 28.7 Å². The second kappa shape index (κ2) is 5.09. The first kappa shape index (κ1) is 12.9. The Labute approximate surface area is 119 Å². The summed E-state index contributed by atoms with van der Waals surface area (Å²) in [6.07, 6.45) is 3.92. The van der Waals surface area contributed by atoms with E-state index >= 15 is 0 Å². The van der Waals surface area contributed by atoms with Gasteiger partial charge in [0.05, 0.1) is 0 Å². The summed E-state index contributed by atoms with van der Waals surface area (Å²) < 4.78 is 0. The predicted octanol–water partition coefficient (Wildman–Crippen LogP) is 2.46. The van der Waals surface area contributed by atoms with E-state index in [9.17, 15) is 4.79 Å². The Bertz CT molecular complexity index is 651. The maximum atomic E-state index is 10.8. The Morgan fingerprint density at radius 3 is 3.05 bits per heavy atom. The van der Waals surface area contributed by atoms with Gasteiger partial charge in [0, 0.05) is 22.4 Å². The molecule has 0 bridgehead atoms. The zero-order valence-corrected chi connectivity index (χ0v) is 12.4. The van der Waals surface area contributed by atoms with Crippen molar-refractivity contribution in [1.29, 1.82) is 0 Å². The van der Waals surface area contributed by atoms with Crippen LogP contribution in [0.25, 0.3) is 10.2 Å². The van der Waals surface area contributed by atoms with Crippen LogP contribution in [0.1, 0.15) is 29.1 Å². The molecular formula is C13H15N3OS2. The maximum absolute atomic E-state index is 10.8. The summed E-state index contributed by atoms with van der Waals surface area (Å²) in [6.45, 7) is 1.92. The molecule has 3 rings (SSSR count). The minimum absolute atomic E-state index is 0.259. The number of nitrogens with zero attached hydrogens (tertiary/aromatic N) is 2. The molecule has 2 N–H and O–H groups in total. The van der Waals surface area contributed by atoms with Crippen molar-refractivity contribution in [3.63, 3.8) is 0 Å². The van der Waals surface area contributed by atoms with Gasteiger partial charge in [-0.1, -0.05) is 0 Å². The Kier molecular flexibility index (Phi) is 3.45. The van der Waals surface area contributed by atoms with Gasteiger partial charge in [-0.25, -0.2) is 9.97 Å². The Morgan fingerprint density at radius 2 is 2.26 bits per heavy atom. The van der Waals surface area contributed by atoms with E-state index in [1.807, 2.05) is 6.92 Å². The van der Waals surface area contributed by atoms with Crippen LogP contribution >= 0.6 is 23.1 Å². The van der Waals surface area contributed by atoms with Crippen LogP contribution in [0.2, 0.25) is 0 Å². The molecule has 0 saturated carbocycles. The standard InChI is InChI=1S/C13H15N3OS2/c1-7-15-12(18-6-5-10(14)17)11-8-3-2-4-9(8)19-13(11)16-7/h2-6H2,1H3,(H2,14,17). The van der Waals surface area contributed by atoms with Crippen molar-refractivity contribution in [2.75, 3.05) is 5.75 Å². The van der Waals surface area contributed by atoms with E-state index in [0.717, 1.165) is 22.1 Å². The summed E-state index contributed by atoms with van der Waals surface area (Å²) in [7, 11) is 0. The molecule has 0 spiro atoms. The highest BCUT2D eigenvalue weighted by atomic mass is 32.2. The quantitative estimate of drug-likeness (QED) is 0.694. The number of thioether (sulfide) groups is 1. The lowest BCUT2D eigenvalue weighted by atomic mass is 10.2. The molecule has 4 nitrogen and oxygen atoms in total. The molecule has 0 aliphatic heterocycles. The third-order valence-electron chi connectivity index (χ3n) is 3.23. The molecule has 1 amide bonds. The summed E-state index contributed by atoms with van der Waals surface area (Å²) in [5, 5.41) is 2.24. The van der Waals surface area contributed by atoms with Gasteiger partial charge in [-0.15, -0.1) is 23.1 Å². The van der Waals surface area contributed by atoms with Gasteiger partial charge in [-0.3, -0.25) is 4.79 Å². The molecule has 19 heavy (non-hydrogen) atoms. The number of thiophene rings is 1. The summed E-state index contributed by atoms with van der Waals surface area (Å²) in [4.78, 5) is 22.5. The molecule has 100 valence electrons. The van der Waals surface area contributed by atoms with Gasteiger partial charge in [0.1, 0.15) is 15.7 Å². The Morgan fingerprint density at radius 1 is 1.42 bits per heavy atom. The first-order valence-corrected chi connectivity index (χ1v) is 8.15. The van der Waals surface area contributed by atoms with Crippen molar-refractivity contribution >= 4 is 39.2 Å². The van der Waals surface area contributed by atoms with Crippen molar-refractivity contribution in [2.24, 2.45) is 5.73 Å². The smallest absolute Gasteiger partial charge is 0.218 e. The zero-order valence-electron chi connectivity index (χ0n) is 10.7. The molecule has 0 fully saturated rings. The van der Waals surface area contributed by atoms with Crippen molar-refractivity contribution < 1.29 is 4.79 Å². The summed E-state index contributed by atoms with van der Waals surface area (Å²) in [5.41, 5.74) is 6.62. The fourth-order valence-corrected chi connectivity index (χ4v) is 4.85. The number of hydrogen-bond acceptors (Lipinski definition) is 5. The molecule has 0 saturated heterocycles. The van der Waals surface area contributed by atoms with Gasteiger partial charge in [0.2, 0.25) is 5.91 Å². The van der Waals surface area contributed by atoms with Crippen LogP contribution < -0.4 is 5.73 Å². The summed E-state index contributed by atoms with van der Waals surface area (Å²) >= 11 is 3.42. The van der Waals surface area contributed by atoms with Crippen LogP contribution in [0.15, 0.2) is 5.03 Å². The van der Waals surface area contributed by atoms with Crippen molar-refractivity contribution in [3.8, 4) is 0 Å². The molecular weight excluding hydrogens is 278 g/mol. The SMILES string of the molecule is Cc1nc(SCCC(N)=O)c2c3c(sc2n1)CCC3. The highest BCUT2D eigenvalue weighted by Gasteiger charge is 2.21. The van der Waals surface area contributed by atoms with Crippen molar-refractivity contribution in [1.82, 2.24) is 9.97 Å². The van der Waals surface area contributed by atoms with Crippen molar-refractivity contribution in [3.05, 3.63) is 16.3 Å². The van der Waals surface area contributed by atoms with Gasteiger partial charge < -0.3 is 5.73 Å². The third kappa shape index (κ3) is 2.47. The fraction of sp³-hybridized carbons (Fsp3) is 0.462. The average molecular weight is 293 g/mol. The highest BCUT2D eigenvalue weighted by molar-refractivity contribution is 7.99. The number of carbonyl (C=O) groups excluding carboxylic acids is 1. The number of nitrogens with two attached hydrogens (primary N) is 1. The number of amides is 1. The van der Waals surface area contributed by atoms with E-state index in [0.29, 0.717) is 12.2 Å². The van der Waals surface area contributed by atoms with Crippen LogP contribution in [-0.2, 0) is 17.6 Å². The van der Waals surface area contributed by atoms with Crippen LogP contribution in [0.5, 0.6) is 0 Å². The summed E-state index contributed by atoms with van der Waals surface area (Å²) in [6, 6.07) is 0. The minimum Gasteiger partial charge on any atom is -0.370 e. The average Bonchev–Trinajstić information content (AvgIpc) is 2.87. The number of aromatic nitrogens is 2. The topological polar surface area (TPSA) is 68.9 Å². The highest BCUT2D eigenvalue weighted by Crippen LogP contribution is 2.40. The van der Waals surface area contributed by atoms with Crippen LogP contribution in [0.4, 0.5) is 0 Å². The lowest BCUT2D eigenvalue weighted by Gasteiger charge is -2.04. The molecule has 2 aromatic rings. The molecule has 2 heterocycles. The van der Waals surface area contributed by atoms with E-state index in [1.54, 1.807) is 23.1 Å². The maximum Gasteiger partial charge on any atom is 0.218 e. The number of fused-ring (bicyclic) bond motifs is 3. The van der Waals surface area contributed by atoms with Gasteiger partial charge in [0.15, 0.2) is 0 Å². The normalized spacial score (nSPS) is 13.9. The molecule has 6 heteroatoms. The predicted molar refractivity (Wildman–Crippen MR) is 78.7 cm³/mol. The number of carbonyl (C=O) groups is 1. The van der Waals surface area contributed by atoms with Gasteiger partial charge in [-0.2, -0.15) is 0 Å². The molecule has 1 aliphatic carbocycles. The van der Waals surface area contributed by atoms with Crippen molar-refractivity contribution in [2.45, 2.75) is 37.6 Å². The minimum atomic E-state index is -0.259. The molecule has 0 atom stereocenters. The molecule has 0 unspecified atom stereocenters. The molecule has 1 aliphatic rings. The van der Waals surface area contributed by atoms with Gasteiger partial charge in [0.25, 0.3) is 0 Å². The van der Waals surface area contributed by atoms with E-state index in [-0.39, 0.29) is 5.91 Å². The van der Waals surface area contributed by atoms with Crippen LogP contribution in [0.3, 0.4) is 0 Å². The molecule has 2 aromatic heterocycles. The lowest BCUT2D eigenvalue weighted by Crippen LogP contribution is -2.11. The number of primary amides is 1. The fourth-order valence-electron chi connectivity index (χ4n) is 2.42. The van der Waals surface area contributed by atoms with Crippen LogP contribution in [-0.4, -0.2) is 21.6 Å². The van der Waals surface area contributed by atoms with E-state index < -0.39 is 0 Å². The first-order valence-electron chi connectivity index (χ1n) is 6.35. The largest absolute Gasteiger partial charge is 0.370 e. The third-order valence-corrected chi connectivity index (χ3v) is 5.39. The second-order valence-electron chi connectivity index (χ2n) is 4.68. The van der Waals surface area contributed by atoms with Gasteiger partial charge >= 0.3 is 0 Å².